The van der Waals surface area contributed by atoms with Crippen LogP contribution in [0.5, 0.6) is 0 Å². The molecule has 0 fully saturated rings. The van der Waals surface area contributed by atoms with E-state index in [-0.39, 0.29) is 17.8 Å². The fourth-order valence-electron chi connectivity index (χ4n) is 1.59. The molecule has 0 radical (unpaired) electrons. The fourth-order valence-corrected chi connectivity index (χ4v) is 1.59. The van der Waals surface area contributed by atoms with Gasteiger partial charge in [0.25, 0.3) is 0 Å². The molecule has 0 aliphatic rings. The third kappa shape index (κ3) is 3.77. The van der Waals surface area contributed by atoms with Crippen molar-refractivity contribution in [3.63, 3.8) is 0 Å². The first-order valence-electron chi connectivity index (χ1n) is 5.88. The number of carbonyl (C=O) groups excluding carboxylic acids is 1. The molecule has 1 aromatic heterocycles. The van der Waals surface area contributed by atoms with E-state index >= 15 is 0 Å². The number of rotatable bonds is 4. The average molecular weight is 259 g/mol. The molecule has 0 spiro atoms. The minimum atomic E-state index is -0.296. The van der Waals surface area contributed by atoms with Crippen LogP contribution in [0.25, 0.3) is 6.08 Å². The van der Waals surface area contributed by atoms with Crippen LogP contribution in [0.15, 0.2) is 42.7 Å². The van der Waals surface area contributed by atoms with Crippen LogP contribution < -0.4 is 5.32 Å². The maximum Gasteiger partial charge on any atom is 0.244 e. The van der Waals surface area contributed by atoms with E-state index in [2.05, 4.69) is 15.5 Å². The Hall–Kier alpha value is -2.43. The van der Waals surface area contributed by atoms with Gasteiger partial charge in [-0.15, -0.1) is 0 Å². The molecule has 1 atom stereocenters. The van der Waals surface area contributed by atoms with Gasteiger partial charge >= 0.3 is 0 Å². The maximum absolute atomic E-state index is 12.7. The zero-order chi connectivity index (χ0) is 13.7. The molecule has 0 aliphatic heterocycles. The molecule has 1 unspecified atom stereocenters. The molecule has 0 saturated carbocycles. The third-order valence-corrected chi connectivity index (χ3v) is 2.68. The Morgan fingerprint density at radius 1 is 1.42 bits per heavy atom. The van der Waals surface area contributed by atoms with E-state index in [9.17, 15) is 9.18 Å². The van der Waals surface area contributed by atoms with Crippen molar-refractivity contribution in [1.82, 2.24) is 15.5 Å². The Balaban J connectivity index is 1.92. The molecule has 0 aliphatic carbocycles. The summed E-state index contributed by atoms with van der Waals surface area (Å²) in [5, 5.41) is 9.32. The van der Waals surface area contributed by atoms with Crippen LogP contribution in [0.3, 0.4) is 0 Å². The van der Waals surface area contributed by atoms with Crippen molar-refractivity contribution in [2.45, 2.75) is 13.0 Å². The fraction of sp³-hybridized carbons (Fsp3) is 0.143. The molecule has 5 heteroatoms. The summed E-state index contributed by atoms with van der Waals surface area (Å²) in [5.74, 6) is -0.506. The van der Waals surface area contributed by atoms with Crippen molar-refractivity contribution < 1.29 is 9.18 Å². The molecule has 4 nitrogen and oxygen atoms in total. The van der Waals surface area contributed by atoms with Gasteiger partial charge in [0.15, 0.2) is 0 Å². The van der Waals surface area contributed by atoms with Gasteiger partial charge in [0.05, 0.1) is 12.2 Å². The molecule has 0 bridgehead atoms. The van der Waals surface area contributed by atoms with E-state index in [0.717, 1.165) is 11.1 Å². The number of hydrogen-bond acceptors (Lipinski definition) is 2. The number of amides is 1. The highest BCUT2D eigenvalue weighted by molar-refractivity contribution is 5.91. The van der Waals surface area contributed by atoms with Gasteiger partial charge in [0, 0.05) is 17.8 Å². The molecule has 98 valence electrons. The van der Waals surface area contributed by atoms with Gasteiger partial charge < -0.3 is 5.32 Å². The van der Waals surface area contributed by atoms with Gasteiger partial charge in [0.2, 0.25) is 5.91 Å². The standard InChI is InChI=1S/C14H14FN3O/c1-10(12-8-16-17-9-12)18-14(19)7-4-11-2-5-13(15)6-3-11/h2-10H,1H3,(H,16,17)(H,18,19)/b7-4+. The van der Waals surface area contributed by atoms with Crippen molar-refractivity contribution in [2.75, 3.05) is 0 Å². The van der Waals surface area contributed by atoms with Crippen LogP contribution in [0.2, 0.25) is 0 Å². The van der Waals surface area contributed by atoms with Crippen molar-refractivity contribution >= 4 is 12.0 Å². The van der Waals surface area contributed by atoms with Crippen molar-refractivity contribution in [2.24, 2.45) is 0 Å². The summed E-state index contributed by atoms with van der Waals surface area (Å²) < 4.78 is 12.7. The smallest absolute Gasteiger partial charge is 0.244 e. The van der Waals surface area contributed by atoms with Crippen molar-refractivity contribution in [3.8, 4) is 0 Å². The first kappa shape index (κ1) is 13.0. The number of halogens is 1. The second-order valence-corrected chi connectivity index (χ2v) is 4.15. The van der Waals surface area contributed by atoms with Crippen LogP contribution in [0, 0.1) is 5.82 Å². The van der Waals surface area contributed by atoms with E-state index in [1.54, 1.807) is 30.6 Å². The summed E-state index contributed by atoms with van der Waals surface area (Å²) in [6.45, 7) is 1.87. The minimum absolute atomic E-state index is 0.121. The second kappa shape index (κ2) is 5.95. The Labute approximate surface area is 110 Å². The highest BCUT2D eigenvalue weighted by Gasteiger charge is 2.07. The average Bonchev–Trinajstić information content (AvgIpc) is 2.92. The van der Waals surface area contributed by atoms with Crippen LogP contribution in [0.1, 0.15) is 24.1 Å². The summed E-state index contributed by atoms with van der Waals surface area (Å²) >= 11 is 0. The van der Waals surface area contributed by atoms with Crippen molar-refractivity contribution in [1.29, 1.82) is 0 Å². The minimum Gasteiger partial charge on any atom is -0.346 e. The summed E-state index contributed by atoms with van der Waals surface area (Å²) in [7, 11) is 0. The SMILES string of the molecule is CC(NC(=O)/C=C/c1ccc(F)cc1)c1cn[nH]c1. The van der Waals surface area contributed by atoms with E-state index in [4.69, 9.17) is 0 Å². The second-order valence-electron chi connectivity index (χ2n) is 4.15. The monoisotopic (exact) mass is 259 g/mol. The number of nitrogens with zero attached hydrogens (tertiary/aromatic N) is 1. The number of carbonyl (C=O) groups is 1. The number of nitrogens with one attached hydrogen (secondary N) is 2. The molecule has 2 N–H and O–H groups in total. The first-order chi connectivity index (χ1) is 9.15. The van der Waals surface area contributed by atoms with Crippen LogP contribution in [-0.2, 0) is 4.79 Å². The van der Waals surface area contributed by atoms with Gasteiger partial charge in [-0.25, -0.2) is 4.39 Å². The number of aromatic amines is 1. The van der Waals surface area contributed by atoms with E-state index in [1.165, 1.54) is 18.2 Å². The quantitative estimate of drug-likeness (QED) is 0.828. The topological polar surface area (TPSA) is 57.8 Å². The molecule has 19 heavy (non-hydrogen) atoms. The predicted octanol–water partition coefficient (Wildman–Crippen LogP) is 2.44. The normalized spacial score (nSPS) is 12.5. The van der Waals surface area contributed by atoms with E-state index in [1.807, 2.05) is 6.92 Å². The molecular weight excluding hydrogens is 245 g/mol. The molecule has 1 aromatic carbocycles. The summed E-state index contributed by atoms with van der Waals surface area (Å²) in [4.78, 5) is 11.7. The van der Waals surface area contributed by atoms with Gasteiger partial charge in [-0.3, -0.25) is 9.89 Å². The molecule has 1 heterocycles. The van der Waals surface area contributed by atoms with Gasteiger partial charge in [-0.05, 0) is 30.7 Å². The Kier molecular flexibility index (Phi) is 4.07. The predicted molar refractivity (Wildman–Crippen MR) is 70.6 cm³/mol. The lowest BCUT2D eigenvalue weighted by Gasteiger charge is -2.09. The van der Waals surface area contributed by atoms with Gasteiger partial charge in [0.1, 0.15) is 5.82 Å². The zero-order valence-corrected chi connectivity index (χ0v) is 10.4. The van der Waals surface area contributed by atoms with Crippen LogP contribution in [-0.4, -0.2) is 16.1 Å². The zero-order valence-electron chi connectivity index (χ0n) is 10.4. The first-order valence-corrected chi connectivity index (χ1v) is 5.88. The van der Waals surface area contributed by atoms with E-state index in [0.29, 0.717) is 0 Å². The lowest BCUT2D eigenvalue weighted by atomic mass is 10.2. The van der Waals surface area contributed by atoms with Crippen LogP contribution >= 0.6 is 0 Å². The molecule has 2 aromatic rings. The van der Waals surface area contributed by atoms with Crippen LogP contribution in [0.4, 0.5) is 4.39 Å². The Morgan fingerprint density at radius 2 is 2.16 bits per heavy atom. The third-order valence-electron chi connectivity index (χ3n) is 2.68. The largest absolute Gasteiger partial charge is 0.346 e. The van der Waals surface area contributed by atoms with Crippen molar-refractivity contribution in [3.05, 3.63) is 59.7 Å². The highest BCUT2D eigenvalue weighted by atomic mass is 19.1. The molecule has 2 rings (SSSR count). The summed E-state index contributed by atoms with van der Waals surface area (Å²) in [6.07, 6.45) is 6.45. The maximum atomic E-state index is 12.7. The number of benzene rings is 1. The van der Waals surface area contributed by atoms with Gasteiger partial charge in [-0.1, -0.05) is 12.1 Å². The molecule has 0 saturated heterocycles. The van der Waals surface area contributed by atoms with E-state index < -0.39 is 0 Å². The lowest BCUT2D eigenvalue weighted by Crippen LogP contribution is -2.24. The molecule has 1 amide bonds. The summed E-state index contributed by atoms with van der Waals surface area (Å²) in [6, 6.07) is 5.80. The lowest BCUT2D eigenvalue weighted by molar-refractivity contribution is -0.117. The number of hydrogen-bond donors (Lipinski definition) is 2. The molecular formula is C14H14FN3O. The van der Waals surface area contributed by atoms with Gasteiger partial charge in [-0.2, -0.15) is 5.10 Å². The Bertz CT molecular complexity index is 561. The number of H-pyrrole nitrogens is 1. The summed E-state index contributed by atoms with van der Waals surface area (Å²) in [5.41, 5.74) is 1.68. The Morgan fingerprint density at radius 3 is 2.79 bits per heavy atom. The number of aromatic nitrogens is 2. The highest BCUT2D eigenvalue weighted by Crippen LogP contribution is 2.09.